The van der Waals surface area contributed by atoms with Crippen LogP contribution < -0.4 is 4.90 Å². The standard InChI is InChI=1S/C14H14N2/c15-9-2-1-6-13-7-5-8-14(12-13)16-10-3-4-11-16/h5,7-8,12H,2-4,10-11H2. The van der Waals surface area contributed by atoms with Gasteiger partial charge in [-0.05, 0) is 31.0 Å². The number of anilines is 1. The Balaban J connectivity index is 2.14. The van der Waals surface area contributed by atoms with Gasteiger partial charge in [-0.2, -0.15) is 5.26 Å². The summed E-state index contributed by atoms with van der Waals surface area (Å²) in [5.74, 6) is 5.85. The Bertz CT molecular complexity index is 454. The molecule has 80 valence electrons. The summed E-state index contributed by atoms with van der Waals surface area (Å²) in [5.41, 5.74) is 2.25. The maximum atomic E-state index is 8.41. The second-order valence-electron chi connectivity index (χ2n) is 3.88. The second-order valence-corrected chi connectivity index (χ2v) is 3.88. The van der Waals surface area contributed by atoms with E-state index < -0.39 is 0 Å². The van der Waals surface area contributed by atoms with Crippen molar-refractivity contribution < 1.29 is 0 Å². The van der Waals surface area contributed by atoms with Gasteiger partial charge in [0.25, 0.3) is 0 Å². The van der Waals surface area contributed by atoms with Gasteiger partial charge in [-0.1, -0.05) is 17.9 Å². The lowest BCUT2D eigenvalue weighted by Gasteiger charge is -2.17. The molecule has 2 nitrogen and oxygen atoms in total. The van der Waals surface area contributed by atoms with Gasteiger partial charge < -0.3 is 4.90 Å². The highest BCUT2D eigenvalue weighted by molar-refractivity contribution is 5.53. The van der Waals surface area contributed by atoms with Gasteiger partial charge in [0.15, 0.2) is 0 Å². The summed E-state index contributed by atoms with van der Waals surface area (Å²) in [4.78, 5) is 2.38. The zero-order valence-electron chi connectivity index (χ0n) is 9.24. The van der Waals surface area contributed by atoms with Crippen LogP contribution in [0.25, 0.3) is 0 Å². The van der Waals surface area contributed by atoms with Crippen molar-refractivity contribution in [1.29, 1.82) is 5.26 Å². The van der Waals surface area contributed by atoms with Crippen molar-refractivity contribution in [2.75, 3.05) is 18.0 Å². The van der Waals surface area contributed by atoms with Crippen molar-refractivity contribution in [3.05, 3.63) is 29.8 Å². The molecule has 1 aromatic carbocycles. The fraction of sp³-hybridized carbons (Fsp3) is 0.357. The highest BCUT2D eigenvalue weighted by Gasteiger charge is 2.11. The van der Waals surface area contributed by atoms with Gasteiger partial charge in [-0.25, -0.2) is 0 Å². The molecule has 0 radical (unpaired) electrons. The molecule has 0 aliphatic carbocycles. The van der Waals surface area contributed by atoms with Crippen LogP contribution in [0.3, 0.4) is 0 Å². The van der Waals surface area contributed by atoms with E-state index in [1.54, 1.807) is 0 Å². The van der Waals surface area contributed by atoms with Crippen LogP contribution in [0.4, 0.5) is 5.69 Å². The van der Waals surface area contributed by atoms with E-state index in [0.29, 0.717) is 6.42 Å². The molecule has 0 unspecified atom stereocenters. The van der Waals surface area contributed by atoms with E-state index in [4.69, 9.17) is 5.26 Å². The molecule has 1 aliphatic heterocycles. The van der Waals surface area contributed by atoms with E-state index in [1.807, 2.05) is 18.2 Å². The van der Waals surface area contributed by atoms with Gasteiger partial charge in [0.05, 0.1) is 12.5 Å². The Morgan fingerprint density at radius 3 is 2.81 bits per heavy atom. The summed E-state index contributed by atoms with van der Waals surface area (Å²) in [6, 6.07) is 10.3. The average molecular weight is 210 g/mol. The molecular formula is C14H14N2. The predicted octanol–water partition coefficient (Wildman–Crippen LogP) is 2.55. The quantitative estimate of drug-likeness (QED) is 0.666. The fourth-order valence-electron chi connectivity index (χ4n) is 1.94. The molecule has 0 atom stereocenters. The normalized spacial score (nSPS) is 14.1. The van der Waals surface area contributed by atoms with E-state index in [1.165, 1.54) is 18.5 Å². The average Bonchev–Trinajstić information content (AvgIpc) is 2.83. The number of hydrogen-bond acceptors (Lipinski definition) is 2. The van der Waals surface area contributed by atoms with E-state index in [9.17, 15) is 0 Å². The lowest BCUT2D eigenvalue weighted by Crippen LogP contribution is -2.17. The van der Waals surface area contributed by atoms with Crippen LogP contribution >= 0.6 is 0 Å². The molecule has 16 heavy (non-hydrogen) atoms. The summed E-state index contributed by atoms with van der Waals surface area (Å²) in [5, 5.41) is 8.41. The van der Waals surface area contributed by atoms with E-state index in [0.717, 1.165) is 18.7 Å². The molecule has 0 spiro atoms. The van der Waals surface area contributed by atoms with Crippen molar-refractivity contribution in [2.24, 2.45) is 0 Å². The summed E-state index contributed by atoms with van der Waals surface area (Å²) < 4.78 is 0. The molecule has 1 aliphatic rings. The minimum absolute atomic E-state index is 0.300. The van der Waals surface area contributed by atoms with Crippen LogP contribution in [0, 0.1) is 23.2 Å². The monoisotopic (exact) mass is 210 g/mol. The minimum Gasteiger partial charge on any atom is -0.371 e. The van der Waals surface area contributed by atoms with Gasteiger partial charge in [0.2, 0.25) is 0 Å². The minimum atomic E-state index is 0.300. The van der Waals surface area contributed by atoms with Crippen molar-refractivity contribution >= 4 is 5.69 Å². The zero-order chi connectivity index (χ0) is 11.2. The first-order valence-electron chi connectivity index (χ1n) is 5.61. The third-order valence-corrected chi connectivity index (χ3v) is 2.72. The number of nitrogens with zero attached hydrogens (tertiary/aromatic N) is 2. The molecule has 0 aromatic heterocycles. The molecule has 2 heteroatoms. The summed E-state index contributed by atoms with van der Waals surface area (Å²) in [6.45, 7) is 2.30. The van der Waals surface area contributed by atoms with Crippen molar-refractivity contribution in [1.82, 2.24) is 0 Å². The Hall–Kier alpha value is -1.93. The predicted molar refractivity (Wildman–Crippen MR) is 65.0 cm³/mol. The SMILES string of the molecule is N#CCC#Cc1cccc(N2CCCC2)c1. The Labute approximate surface area is 96.5 Å². The van der Waals surface area contributed by atoms with Gasteiger partial charge in [-0.15, -0.1) is 0 Å². The van der Waals surface area contributed by atoms with Crippen LogP contribution in [0.5, 0.6) is 0 Å². The lowest BCUT2D eigenvalue weighted by atomic mass is 10.2. The molecule has 1 fully saturated rings. The Morgan fingerprint density at radius 2 is 2.06 bits per heavy atom. The van der Waals surface area contributed by atoms with Crippen molar-refractivity contribution in [3.8, 4) is 17.9 Å². The molecule has 1 aromatic rings. The van der Waals surface area contributed by atoms with E-state index in [-0.39, 0.29) is 0 Å². The molecule has 0 bridgehead atoms. The van der Waals surface area contributed by atoms with Crippen LogP contribution in [0.2, 0.25) is 0 Å². The Morgan fingerprint density at radius 1 is 1.25 bits per heavy atom. The number of rotatable bonds is 1. The first-order valence-corrected chi connectivity index (χ1v) is 5.61. The molecule has 0 N–H and O–H groups in total. The third-order valence-electron chi connectivity index (χ3n) is 2.72. The highest BCUT2D eigenvalue weighted by Crippen LogP contribution is 2.20. The first kappa shape index (κ1) is 10.6. The molecule has 1 saturated heterocycles. The van der Waals surface area contributed by atoms with Gasteiger partial charge in [0.1, 0.15) is 0 Å². The van der Waals surface area contributed by atoms with Crippen molar-refractivity contribution in [3.63, 3.8) is 0 Å². The summed E-state index contributed by atoms with van der Waals surface area (Å²) in [7, 11) is 0. The van der Waals surface area contributed by atoms with Crippen LogP contribution in [0.1, 0.15) is 24.8 Å². The molecule has 0 saturated carbocycles. The maximum Gasteiger partial charge on any atom is 0.0966 e. The largest absolute Gasteiger partial charge is 0.371 e. The Kier molecular flexibility index (Phi) is 3.46. The van der Waals surface area contributed by atoms with Gasteiger partial charge in [0, 0.05) is 24.3 Å². The fourth-order valence-corrected chi connectivity index (χ4v) is 1.94. The number of hydrogen-bond donors (Lipinski definition) is 0. The molecule has 2 rings (SSSR count). The van der Waals surface area contributed by atoms with Gasteiger partial charge in [-0.3, -0.25) is 0 Å². The maximum absolute atomic E-state index is 8.41. The van der Waals surface area contributed by atoms with Crippen LogP contribution in [-0.2, 0) is 0 Å². The number of nitriles is 1. The first-order chi connectivity index (χ1) is 7.90. The second kappa shape index (κ2) is 5.24. The lowest BCUT2D eigenvalue weighted by molar-refractivity contribution is 0.949. The van der Waals surface area contributed by atoms with Gasteiger partial charge >= 0.3 is 0 Å². The molecule has 0 amide bonds. The van der Waals surface area contributed by atoms with Crippen molar-refractivity contribution in [2.45, 2.75) is 19.3 Å². The highest BCUT2D eigenvalue weighted by atomic mass is 15.1. The van der Waals surface area contributed by atoms with E-state index in [2.05, 4.69) is 28.9 Å². The summed E-state index contributed by atoms with van der Waals surface area (Å²) in [6.07, 6.45) is 2.86. The van der Waals surface area contributed by atoms with Crippen LogP contribution in [-0.4, -0.2) is 13.1 Å². The third kappa shape index (κ3) is 2.55. The molecule has 1 heterocycles. The van der Waals surface area contributed by atoms with Crippen LogP contribution in [0.15, 0.2) is 24.3 Å². The smallest absolute Gasteiger partial charge is 0.0966 e. The summed E-state index contributed by atoms with van der Waals surface area (Å²) >= 11 is 0. The van der Waals surface area contributed by atoms with E-state index >= 15 is 0 Å². The molecular weight excluding hydrogens is 196 g/mol. The number of benzene rings is 1. The zero-order valence-corrected chi connectivity index (χ0v) is 9.24. The topological polar surface area (TPSA) is 27.0 Å².